The first-order valence-electron chi connectivity index (χ1n) is 8.07. The number of nitrogens with zero attached hydrogens (tertiary/aromatic N) is 4. The van der Waals surface area contributed by atoms with Crippen molar-refractivity contribution in [2.75, 3.05) is 31.6 Å². The van der Waals surface area contributed by atoms with E-state index < -0.39 is 5.92 Å². The van der Waals surface area contributed by atoms with Crippen molar-refractivity contribution in [3.05, 3.63) is 24.3 Å². The number of amides is 2. The smallest absolute Gasteiger partial charge is 0.228 e. The van der Waals surface area contributed by atoms with Gasteiger partial charge in [0.1, 0.15) is 5.75 Å². The van der Waals surface area contributed by atoms with Crippen LogP contribution in [0.5, 0.6) is 5.75 Å². The number of methoxy groups -OCH3 is 1. The van der Waals surface area contributed by atoms with Crippen molar-refractivity contribution < 1.29 is 14.3 Å². The van der Waals surface area contributed by atoms with Gasteiger partial charge in [-0.1, -0.05) is 6.07 Å². The van der Waals surface area contributed by atoms with Gasteiger partial charge < -0.3 is 14.5 Å². The molecule has 2 rings (SSSR count). The van der Waals surface area contributed by atoms with Crippen molar-refractivity contribution in [2.24, 2.45) is 5.92 Å². The lowest BCUT2D eigenvalue weighted by Crippen LogP contribution is -2.38. The highest BCUT2D eigenvalue weighted by Crippen LogP contribution is 2.28. The summed E-state index contributed by atoms with van der Waals surface area (Å²) < 4.78 is 5.18. The molecule has 0 unspecified atom stereocenters. The van der Waals surface area contributed by atoms with Gasteiger partial charge in [0.15, 0.2) is 0 Å². The predicted octanol–water partition coefficient (Wildman–Crippen LogP) is 1.70. The van der Waals surface area contributed by atoms with E-state index in [2.05, 4.69) is 0 Å². The largest absolute Gasteiger partial charge is 0.497 e. The van der Waals surface area contributed by atoms with Gasteiger partial charge in [-0.05, 0) is 12.1 Å². The van der Waals surface area contributed by atoms with Crippen LogP contribution in [-0.2, 0) is 9.59 Å². The normalized spacial score (nSPS) is 16.2. The molecule has 7 heteroatoms. The van der Waals surface area contributed by atoms with Gasteiger partial charge in [0.05, 0.1) is 38.0 Å². The number of hydrogen-bond acceptors (Lipinski definition) is 5. The third-order valence-corrected chi connectivity index (χ3v) is 4.14. The molecule has 0 bridgehead atoms. The van der Waals surface area contributed by atoms with Crippen LogP contribution in [0.2, 0.25) is 0 Å². The summed E-state index contributed by atoms with van der Waals surface area (Å²) in [5, 5.41) is 17.5. The molecule has 1 aromatic carbocycles. The van der Waals surface area contributed by atoms with E-state index in [1.807, 2.05) is 12.1 Å². The van der Waals surface area contributed by atoms with E-state index >= 15 is 0 Å². The first kappa shape index (κ1) is 18.3. The molecule has 1 aliphatic rings. The molecule has 1 fully saturated rings. The Morgan fingerprint density at radius 2 is 2.00 bits per heavy atom. The van der Waals surface area contributed by atoms with Crippen LogP contribution >= 0.6 is 0 Å². The Balaban J connectivity index is 2.10. The Morgan fingerprint density at radius 1 is 1.32 bits per heavy atom. The minimum atomic E-state index is -0.462. The molecule has 0 spiro atoms. The van der Waals surface area contributed by atoms with E-state index in [1.165, 1.54) is 4.90 Å². The zero-order valence-corrected chi connectivity index (χ0v) is 14.1. The number of rotatable bonds is 7. The Labute approximate surface area is 147 Å². The van der Waals surface area contributed by atoms with E-state index in [0.29, 0.717) is 18.0 Å². The van der Waals surface area contributed by atoms with Crippen LogP contribution < -0.4 is 9.64 Å². The Hall–Kier alpha value is -3.06. The van der Waals surface area contributed by atoms with Crippen molar-refractivity contribution >= 4 is 17.5 Å². The van der Waals surface area contributed by atoms with Crippen molar-refractivity contribution in [3.63, 3.8) is 0 Å². The average molecular weight is 340 g/mol. The van der Waals surface area contributed by atoms with Gasteiger partial charge >= 0.3 is 0 Å². The SMILES string of the molecule is COc1cccc(N2C[C@@H](C(=O)N(CCC#N)CCC#N)CC2=O)c1. The molecule has 0 radical (unpaired) electrons. The summed E-state index contributed by atoms with van der Waals surface area (Å²) in [6.07, 6.45) is 0.542. The summed E-state index contributed by atoms with van der Waals surface area (Å²) in [6, 6.07) is 11.2. The molecule has 1 atom stereocenters. The molecule has 130 valence electrons. The van der Waals surface area contributed by atoms with Gasteiger partial charge in [0, 0.05) is 37.8 Å². The molecule has 25 heavy (non-hydrogen) atoms. The minimum absolute atomic E-state index is 0.118. The minimum Gasteiger partial charge on any atom is -0.497 e. The lowest BCUT2D eigenvalue weighted by atomic mass is 10.1. The van der Waals surface area contributed by atoms with Gasteiger partial charge in [0.25, 0.3) is 0 Å². The van der Waals surface area contributed by atoms with Crippen LogP contribution in [0.1, 0.15) is 19.3 Å². The topological polar surface area (TPSA) is 97.4 Å². The molecule has 0 saturated carbocycles. The summed E-state index contributed by atoms with van der Waals surface area (Å²) in [4.78, 5) is 28.2. The van der Waals surface area contributed by atoms with Crippen molar-refractivity contribution in [2.45, 2.75) is 19.3 Å². The fourth-order valence-corrected chi connectivity index (χ4v) is 2.86. The molecular weight excluding hydrogens is 320 g/mol. The van der Waals surface area contributed by atoms with Gasteiger partial charge in [-0.15, -0.1) is 0 Å². The van der Waals surface area contributed by atoms with E-state index in [4.69, 9.17) is 15.3 Å². The number of anilines is 1. The van der Waals surface area contributed by atoms with E-state index in [1.54, 1.807) is 36.3 Å². The van der Waals surface area contributed by atoms with E-state index in [9.17, 15) is 9.59 Å². The van der Waals surface area contributed by atoms with Crippen LogP contribution in [-0.4, -0.2) is 43.5 Å². The van der Waals surface area contributed by atoms with Crippen molar-refractivity contribution in [1.82, 2.24) is 4.90 Å². The number of carbonyl (C=O) groups excluding carboxylic acids is 2. The van der Waals surface area contributed by atoms with Crippen LogP contribution in [0.15, 0.2) is 24.3 Å². The molecule has 1 aliphatic heterocycles. The first-order valence-corrected chi connectivity index (χ1v) is 8.07. The summed E-state index contributed by atoms with van der Waals surface area (Å²) >= 11 is 0. The van der Waals surface area contributed by atoms with Gasteiger partial charge in [-0.3, -0.25) is 9.59 Å². The van der Waals surface area contributed by atoms with Crippen LogP contribution in [0.3, 0.4) is 0 Å². The fraction of sp³-hybridized carbons (Fsp3) is 0.444. The quantitative estimate of drug-likeness (QED) is 0.752. The highest BCUT2D eigenvalue weighted by atomic mass is 16.5. The van der Waals surface area contributed by atoms with Crippen LogP contribution in [0.25, 0.3) is 0 Å². The Bertz CT molecular complexity index is 702. The number of nitriles is 2. The van der Waals surface area contributed by atoms with Crippen LogP contribution in [0.4, 0.5) is 5.69 Å². The summed E-state index contributed by atoms with van der Waals surface area (Å²) in [6.45, 7) is 0.849. The van der Waals surface area contributed by atoms with E-state index in [0.717, 1.165) is 0 Å². The number of carbonyl (C=O) groups is 2. The molecule has 1 aromatic rings. The lowest BCUT2D eigenvalue weighted by molar-refractivity contribution is -0.135. The standard InChI is InChI=1S/C18H20N4O3/c1-25-16-6-2-5-15(12-16)22-13-14(11-17(22)23)18(24)21(9-3-7-19)10-4-8-20/h2,5-6,12,14H,3-4,9-11,13H2,1H3/t14-/m0/s1. The van der Waals surface area contributed by atoms with Gasteiger partial charge in [-0.25, -0.2) is 0 Å². The third-order valence-electron chi connectivity index (χ3n) is 4.14. The molecule has 1 heterocycles. The predicted molar refractivity (Wildman–Crippen MR) is 90.5 cm³/mol. The summed E-state index contributed by atoms with van der Waals surface area (Å²) in [5.74, 6) is -0.114. The second-order valence-corrected chi connectivity index (χ2v) is 5.75. The highest BCUT2D eigenvalue weighted by Gasteiger charge is 2.37. The van der Waals surface area contributed by atoms with Gasteiger partial charge in [0.2, 0.25) is 11.8 Å². The second kappa shape index (κ2) is 8.70. The molecule has 1 saturated heterocycles. The second-order valence-electron chi connectivity index (χ2n) is 5.75. The number of hydrogen-bond donors (Lipinski definition) is 0. The van der Waals surface area contributed by atoms with E-state index in [-0.39, 0.29) is 44.2 Å². The van der Waals surface area contributed by atoms with Gasteiger partial charge in [-0.2, -0.15) is 10.5 Å². The van der Waals surface area contributed by atoms with Crippen molar-refractivity contribution in [1.29, 1.82) is 10.5 Å². The zero-order chi connectivity index (χ0) is 18.2. The Kier molecular flexibility index (Phi) is 6.36. The maximum Gasteiger partial charge on any atom is 0.228 e. The maximum atomic E-state index is 12.7. The maximum absolute atomic E-state index is 12.7. The molecular formula is C18H20N4O3. The van der Waals surface area contributed by atoms with Crippen molar-refractivity contribution in [3.8, 4) is 17.9 Å². The lowest BCUT2D eigenvalue weighted by Gasteiger charge is -2.24. The molecule has 0 aliphatic carbocycles. The zero-order valence-electron chi connectivity index (χ0n) is 14.1. The third kappa shape index (κ3) is 4.48. The van der Waals surface area contributed by atoms with Crippen LogP contribution in [0, 0.1) is 28.6 Å². The molecule has 7 nitrogen and oxygen atoms in total. The first-order chi connectivity index (χ1) is 12.1. The Morgan fingerprint density at radius 3 is 2.60 bits per heavy atom. The average Bonchev–Trinajstić information content (AvgIpc) is 3.03. The molecule has 0 N–H and O–H groups in total. The number of benzene rings is 1. The highest BCUT2D eigenvalue weighted by molar-refractivity contribution is 6.00. The fourth-order valence-electron chi connectivity index (χ4n) is 2.86. The monoisotopic (exact) mass is 340 g/mol. The summed E-state index contributed by atoms with van der Waals surface area (Å²) in [7, 11) is 1.56. The molecule has 2 amide bonds. The number of ether oxygens (including phenoxy) is 1. The summed E-state index contributed by atoms with van der Waals surface area (Å²) in [5.41, 5.74) is 0.695. The molecule has 0 aromatic heterocycles.